The Hall–Kier alpha value is -0.570. The highest BCUT2D eigenvalue weighted by Gasteiger charge is 2.00. The molecule has 1 aromatic heterocycles. The average molecular weight is 142 g/mol. The van der Waals surface area contributed by atoms with Crippen molar-refractivity contribution in [1.82, 2.24) is 4.98 Å². The standard InChI is InChI=1S/C6H10N2S/c1-3-5-4(2)8-6(7)9-5/h3H2,1-2H3,(H2,7,8). The van der Waals surface area contributed by atoms with Crippen molar-refractivity contribution < 1.29 is 0 Å². The molecule has 0 spiro atoms. The van der Waals surface area contributed by atoms with E-state index >= 15 is 0 Å². The van der Waals surface area contributed by atoms with E-state index in [2.05, 4.69) is 11.9 Å². The number of thiazole rings is 1. The second-order valence-corrected chi connectivity index (χ2v) is 3.03. The maximum absolute atomic E-state index is 5.46. The molecule has 9 heavy (non-hydrogen) atoms. The first kappa shape index (κ1) is 6.55. The zero-order chi connectivity index (χ0) is 6.85. The van der Waals surface area contributed by atoms with Crippen molar-refractivity contribution in [3.63, 3.8) is 0 Å². The van der Waals surface area contributed by atoms with Crippen LogP contribution in [0.3, 0.4) is 0 Å². The predicted octanol–water partition coefficient (Wildman–Crippen LogP) is 1.60. The van der Waals surface area contributed by atoms with E-state index in [4.69, 9.17) is 5.73 Å². The van der Waals surface area contributed by atoms with Gasteiger partial charge in [0.1, 0.15) is 0 Å². The van der Waals surface area contributed by atoms with Crippen molar-refractivity contribution in [2.45, 2.75) is 20.3 Å². The Morgan fingerprint density at radius 1 is 1.67 bits per heavy atom. The van der Waals surface area contributed by atoms with Gasteiger partial charge in [-0.05, 0) is 13.3 Å². The molecule has 1 aromatic rings. The highest BCUT2D eigenvalue weighted by molar-refractivity contribution is 7.15. The second-order valence-electron chi connectivity index (χ2n) is 1.91. The molecular formula is C6H10N2S. The van der Waals surface area contributed by atoms with E-state index < -0.39 is 0 Å². The molecule has 0 bridgehead atoms. The van der Waals surface area contributed by atoms with Gasteiger partial charge in [-0.3, -0.25) is 0 Å². The molecule has 0 unspecified atom stereocenters. The van der Waals surface area contributed by atoms with Gasteiger partial charge in [-0.1, -0.05) is 6.92 Å². The third kappa shape index (κ3) is 1.21. The number of hydrogen-bond donors (Lipinski definition) is 1. The Bertz CT molecular complexity index is 205. The number of aryl methyl sites for hydroxylation is 2. The number of aromatic nitrogens is 1. The minimum absolute atomic E-state index is 0.685. The van der Waals surface area contributed by atoms with E-state index in [0.29, 0.717) is 5.13 Å². The van der Waals surface area contributed by atoms with Crippen LogP contribution in [-0.4, -0.2) is 4.98 Å². The van der Waals surface area contributed by atoms with Gasteiger partial charge in [-0.2, -0.15) is 0 Å². The Kier molecular flexibility index (Phi) is 1.71. The zero-order valence-corrected chi connectivity index (χ0v) is 6.46. The molecule has 0 amide bonds. The molecule has 0 aromatic carbocycles. The third-order valence-corrected chi connectivity index (χ3v) is 2.36. The van der Waals surface area contributed by atoms with Crippen LogP contribution in [0.5, 0.6) is 0 Å². The van der Waals surface area contributed by atoms with Gasteiger partial charge >= 0.3 is 0 Å². The fourth-order valence-corrected chi connectivity index (χ4v) is 1.55. The van der Waals surface area contributed by atoms with Crippen molar-refractivity contribution in [3.8, 4) is 0 Å². The first-order chi connectivity index (χ1) is 4.24. The minimum atomic E-state index is 0.685. The zero-order valence-electron chi connectivity index (χ0n) is 5.64. The fraction of sp³-hybridized carbons (Fsp3) is 0.500. The molecule has 1 rings (SSSR count). The summed E-state index contributed by atoms with van der Waals surface area (Å²) >= 11 is 1.58. The van der Waals surface area contributed by atoms with Crippen molar-refractivity contribution in [2.75, 3.05) is 5.73 Å². The molecule has 0 aliphatic rings. The van der Waals surface area contributed by atoms with Crippen LogP contribution in [0.1, 0.15) is 17.5 Å². The number of nitrogens with two attached hydrogens (primary N) is 1. The number of rotatable bonds is 1. The molecule has 1 heterocycles. The minimum Gasteiger partial charge on any atom is -0.375 e. The summed E-state index contributed by atoms with van der Waals surface area (Å²) in [5.74, 6) is 0. The van der Waals surface area contributed by atoms with E-state index in [9.17, 15) is 0 Å². The maximum Gasteiger partial charge on any atom is 0.180 e. The van der Waals surface area contributed by atoms with Crippen molar-refractivity contribution >= 4 is 16.5 Å². The molecule has 2 N–H and O–H groups in total. The Morgan fingerprint density at radius 3 is 2.56 bits per heavy atom. The molecule has 0 saturated carbocycles. The van der Waals surface area contributed by atoms with Crippen molar-refractivity contribution in [1.29, 1.82) is 0 Å². The van der Waals surface area contributed by atoms with Gasteiger partial charge in [0, 0.05) is 4.88 Å². The summed E-state index contributed by atoms with van der Waals surface area (Å²) in [6, 6.07) is 0. The quantitative estimate of drug-likeness (QED) is 0.646. The summed E-state index contributed by atoms with van der Waals surface area (Å²) < 4.78 is 0. The van der Waals surface area contributed by atoms with Gasteiger partial charge < -0.3 is 5.73 Å². The van der Waals surface area contributed by atoms with Crippen molar-refractivity contribution in [3.05, 3.63) is 10.6 Å². The first-order valence-electron chi connectivity index (χ1n) is 2.95. The molecule has 0 saturated heterocycles. The topological polar surface area (TPSA) is 38.9 Å². The van der Waals surface area contributed by atoms with Crippen LogP contribution in [-0.2, 0) is 6.42 Å². The summed E-state index contributed by atoms with van der Waals surface area (Å²) in [7, 11) is 0. The van der Waals surface area contributed by atoms with Gasteiger partial charge in [-0.15, -0.1) is 11.3 Å². The molecular weight excluding hydrogens is 132 g/mol. The number of hydrogen-bond acceptors (Lipinski definition) is 3. The first-order valence-corrected chi connectivity index (χ1v) is 3.77. The van der Waals surface area contributed by atoms with Crippen LogP contribution in [0.15, 0.2) is 0 Å². The maximum atomic E-state index is 5.46. The van der Waals surface area contributed by atoms with Gasteiger partial charge in [0.05, 0.1) is 5.69 Å². The van der Waals surface area contributed by atoms with Gasteiger partial charge in [-0.25, -0.2) is 4.98 Å². The lowest BCUT2D eigenvalue weighted by Gasteiger charge is -1.85. The van der Waals surface area contributed by atoms with Crippen LogP contribution in [0.4, 0.5) is 5.13 Å². The van der Waals surface area contributed by atoms with E-state index in [1.54, 1.807) is 11.3 Å². The normalized spacial score (nSPS) is 10.0. The summed E-state index contributed by atoms with van der Waals surface area (Å²) in [6.07, 6.45) is 1.04. The predicted molar refractivity (Wildman–Crippen MR) is 40.6 cm³/mol. The molecule has 50 valence electrons. The lowest BCUT2D eigenvalue weighted by Crippen LogP contribution is -1.81. The highest BCUT2D eigenvalue weighted by Crippen LogP contribution is 2.19. The van der Waals surface area contributed by atoms with Crippen LogP contribution < -0.4 is 5.73 Å². The lowest BCUT2D eigenvalue weighted by atomic mass is 10.3. The monoisotopic (exact) mass is 142 g/mol. The van der Waals surface area contributed by atoms with Crippen LogP contribution in [0, 0.1) is 6.92 Å². The molecule has 0 fully saturated rings. The van der Waals surface area contributed by atoms with Crippen LogP contribution >= 0.6 is 11.3 Å². The Labute approximate surface area is 58.7 Å². The molecule has 3 heteroatoms. The summed E-state index contributed by atoms with van der Waals surface area (Å²) in [4.78, 5) is 5.38. The fourth-order valence-electron chi connectivity index (χ4n) is 0.779. The second kappa shape index (κ2) is 2.35. The van der Waals surface area contributed by atoms with Crippen molar-refractivity contribution in [2.24, 2.45) is 0 Å². The summed E-state index contributed by atoms with van der Waals surface area (Å²) in [5.41, 5.74) is 6.55. The SMILES string of the molecule is CCc1sc(N)nc1C. The lowest BCUT2D eigenvalue weighted by molar-refractivity contribution is 1.12. The number of nitrogen functional groups attached to an aromatic ring is 1. The largest absolute Gasteiger partial charge is 0.375 e. The third-order valence-electron chi connectivity index (χ3n) is 1.23. The molecule has 0 aliphatic carbocycles. The molecule has 2 nitrogen and oxygen atoms in total. The van der Waals surface area contributed by atoms with E-state index in [1.807, 2.05) is 6.92 Å². The molecule has 0 radical (unpaired) electrons. The van der Waals surface area contributed by atoms with E-state index in [1.165, 1.54) is 4.88 Å². The van der Waals surface area contributed by atoms with E-state index in [-0.39, 0.29) is 0 Å². The Morgan fingerprint density at radius 2 is 2.33 bits per heavy atom. The van der Waals surface area contributed by atoms with Gasteiger partial charge in [0.15, 0.2) is 5.13 Å². The number of anilines is 1. The number of nitrogens with zero attached hydrogens (tertiary/aromatic N) is 1. The smallest absolute Gasteiger partial charge is 0.180 e. The van der Waals surface area contributed by atoms with E-state index in [0.717, 1.165) is 12.1 Å². The van der Waals surface area contributed by atoms with Gasteiger partial charge in [0.2, 0.25) is 0 Å². The molecule has 0 atom stereocenters. The van der Waals surface area contributed by atoms with Crippen LogP contribution in [0.25, 0.3) is 0 Å². The highest BCUT2D eigenvalue weighted by atomic mass is 32.1. The Balaban J connectivity index is 3.01. The summed E-state index contributed by atoms with van der Waals surface area (Å²) in [6.45, 7) is 4.10. The van der Waals surface area contributed by atoms with Crippen LogP contribution in [0.2, 0.25) is 0 Å². The average Bonchev–Trinajstić information content (AvgIpc) is 2.10. The van der Waals surface area contributed by atoms with Gasteiger partial charge in [0.25, 0.3) is 0 Å². The summed E-state index contributed by atoms with van der Waals surface area (Å²) in [5, 5.41) is 0.685. The molecule has 0 aliphatic heterocycles.